The number of carbonyl (C=O) groups is 2. The number of esters is 1. The van der Waals surface area contributed by atoms with E-state index in [2.05, 4.69) is 5.32 Å². The maximum Gasteiger partial charge on any atom is 0.344 e. The Labute approximate surface area is 167 Å². The van der Waals surface area contributed by atoms with Crippen molar-refractivity contribution in [2.75, 3.05) is 25.1 Å². The molecule has 2 aromatic rings. The van der Waals surface area contributed by atoms with Gasteiger partial charge in [0.05, 0.1) is 17.6 Å². The van der Waals surface area contributed by atoms with Crippen molar-refractivity contribution in [3.8, 4) is 11.5 Å². The van der Waals surface area contributed by atoms with E-state index in [1.165, 1.54) is 18.2 Å². The lowest BCUT2D eigenvalue weighted by Crippen LogP contribution is -2.24. The first-order chi connectivity index (χ1) is 13.9. The maximum absolute atomic E-state index is 12.0. The summed E-state index contributed by atoms with van der Waals surface area (Å²) in [5, 5.41) is 13.5. The number of amides is 1. The van der Waals surface area contributed by atoms with Crippen LogP contribution in [0.4, 0.5) is 11.4 Å². The number of hydrogen-bond acceptors (Lipinski definition) is 7. The van der Waals surface area contributed by atoms with Crippen LogP contribution in [-0.2, 0) is 20.7 Å². The van der Waals surface area contributed by atoms with Crippen LogP contribution in [0.2, 0.25) is 0 Å². The molecule has 1 N–H and O–H groups in total. The molecule has 9 heteroatoms. The fourth-order valence-corrected chi connectivity index (χ4v) is 2.47. The Morgan fingerprint density at radius 2 is 1.83 bits per heavy atom. The van der Waals surface area contributed by atoms with Crippen molar-refractivity contribution in [1.29, 1.82) is 0 Å². The molecule has 0 aliphatic rings. The molecule has 9 nitrogen and oxygen atoms in total. The summed E-state index contributed by atoms with van der Waals surface area (Å²) >= 11 is 0. The molecule has 2 rings (SSSR count). The Balaban J connectivity index is 1.88. The van der Waals surface area contributed by atoms with Crippen molar-refractivity contribution in [3.05, 3.63) is 58.1 Å². The average molecular weight is 402 g/mol. The molecule has 0 heterocycles. The van der Waals surface area contributed by atoms with Gasteiger partial charge in [-0.25, -0.2) is 4.79 Å². The quantitative estimate of drug-likeness (QED) is 0.369. The van der Waals surface area contributed by atoms with Crippen LogP contribution >= 0.6 is 0 Å². The number of nitrogens with zero attached hydrogens (tertiary/aromatic N) is 1. The SMILES string of the molecule is CCOc1ccc(NC(=O)COC(=O)COc2ccccc2CC)c([N+](=O)[O-])c1. The van der Waals surface area contributed by atoms with Gasteiger partial charge in [0.1, 0.15) is 17.2 Å². The smallest absolute Gasteiger partial charge is 0.344 e. The zero-order chi connectivity index (χ0) is 21.2. The number of aryl methyl sites for hydroxylation is 1. The number of hydrogen-bond donors (Lipinski definition) is 1. The molecular weight excluding hydrogens is 380 g/mol. The van der Waals surface area contributed by atoms with Gasteiger partial charge in [0.2, 0.25) is 0 Å². The Morgan fingerprint density at radius 1 is 1.07 bits per heavy atom. The fraction of sp³-hybridized carbons (Fsp3) is 0.300. The van der Waals surface area contributed by atoms with Gasteiger partial charge < -0.3 is 19.5 Å². The number of nitro groups is 1. The molecule has 0 aromatic heterocycles. The zero-order valence-corrected chi connectivity index (χ0v) is 16.2. The number of para-hydroxylation sites is 1. The summed E-state index contributed by atoms with van der Waals surface area (Å²) in [7, 11) is 0. The summed E-state index contributed by atoms with van der Waals surface area (Å²) in [6.45, 7) is 3.12. The van der Waals surface area contributed by atoms with E-state index in [-0.39, 0.29) is 18.0 Å². The molecule has 154 valence electrons. The minimum atomic E-state index is -0.729. The van der Waals surface area contributed by atoms with E-state index >= 15 is 0 Å². The molecule has 2 aromatic carbocycles. The first kappa shape index (κ1) is 21.7. The highest BCUT2D eigenvalue weighted by Crippen LogP contribution is 2.29. The van der Waals surface area contributed by atoms with Crippen molar-refractivity contribution in [2.45, 2.75) is 20.3 Å². The molecule has 0 atom stereocenters. The number of nitro benzene ring substituents is 1. The summed E-state index contributed by atoms with van der Waals surface area (Å²) in [4.78, 5) is 34.4. The van der Waals surface area contributed by atoms with E-state index in [4.69, 9.17) is 14.2 Å². The van der Waals surface area contributed by atoms with Crippen LogP contribution in [0.5, 0.6) is 11.5 Å². The fourth-order valence-electron chi connectivity index (χ4n) is 2.47. The number of benzene rings is 2. The maximum atomic E-state index is 12.0. The van der Waals surface area contributed by atoms with E-state index in [1.807, 2.05) is 19.1 Å². The summed E-state index contributed by atoms with van der Waals surface area (Å²) in [6.07, 6.45) is 0.745. The average Bonchev–Trinajstić information content (AvgIpc) is 2.72. The van der Waals surface area contributed by atoms with Gasteiger partial charge in [-0.15, -0.1) is 0 Å². The number of carbonyl (C=O) groups excluding carboxylic acids is 2. The summed E-state index contributed by atoms with van der Waals surface area (Å²) in [6, 6.07) is 11.3. The Kier molecular flexibility index (Phi) is 7.96. The van der Waals surface area contributed by atoms with Gasteiger partial charge in [-0.3, -0.25) is 14.9 Å². The van der Waals surface area contributed by atoms with Gasteiger partial charge >= 0.3 is 5.97 Å². The highest BCUT2D eigenvalue weighted by Gasteiger charge is 2.18. The Hall–Kier alpha value is -3.62. The van der Waals surface area contributed by atoms with Gasteiger partial charge in [-0.1, -0.05) is 25.1 Å². The molecule has 0 aliphatic carbocycles. The lowest BCUT2D eigenvalue weighted by molar-refractivity contribution is -0.384. The van der Waals surface area contributed by atoms with Crippen LogP contribution in [0.1, 0.15) is 19.4 Å². The first-order valence-corrected chi connectivity index (χ1v) is 9.02. The number of nitrogens with one attached hydrogen (secondary N) is 1. The van der Waals surface area contributed by atoms with Gasteiger partial charge in [-0.2, -0.15) is 0 Å². The third-order valence-electron chi connectivity index (χ3n) is 3.81. The lowest BCUT2D eigenvalue weighted by atomic mass is 10.1. The van der Waals surface area contributed by atoms with Crippen LogP contribution in [0.15, 0.2) is 42.5 Å². The molecule has 0 spiro atoms. The molecule has 0 unspecified atom stereocenters. The van der Waals surface area contributed by atoms with Gasteiger partial charge in [0.25, 0.3) is 11.6 Å². The van der Waals surface area contributed by atoms with Crippen molar-refractivity contribution in [1.82, 2.24) is 0 Å². The monoisotopic (exact) mass is 402 g/mol. The Bertz CT molecular complexity index is 883. The van der Waals surface area contributed by atoms with Gasteiger partial charge in [0, 0.05) is 0 Å². The van der Waals surface area contributed by atoms with Crippen molar-refractivity contribution in [3.63, 3.8) is 0 Å². The number of ether oxygens (including phenoxy) is 3. The van der Waals surface area contributed by atoms with Crippen molar-refractivity contribution < 1.29 is 28.7 Å². The molecule has 0 radical (unpaired) electrons. The summed E-state index contributed by atoms with van der Waals surface area (Å²) in [5.41, 5.74) is 0.601. The molecule has 0 saturated carbocycles. The highest BCUT2D eigenvalue weighted by molar-refractivity contribution is 5.95. The topological polar surface area (TPSA) is 117 Å². The van der Waals surface area contributed by atoms with E-state index in [0.717, 1.165) is 12.0 Å². The first-order valence-electron chi connectivity index (χ1n) is 9.02. The predicted octanol–water partition coefficient (Wildman–Crippen LogP) is 3.12. The summed E-state index contributed by atoms with van der Waals surface area (Å²) in [5.74, 6) is -0.554. The normalized spacial score (nSPS) is 10.1. The third kappa shape index (κ3) is 6.49. The standard InChI is InChI=1S/C20H22N2O7/c1-3-14-7-5-6-8-18(14)28-13-20(24)29-12-19(23)21-16-10-9-15(27-4-2)11-17(16)22(25)26/h5-11H,3-4,12-13H2,1-2H3,(H,21,23). The van der Waals surface area contributed by atoms with Crippen LogP contribution < -0.4 is 14.8 Å². The lowest BCUT2D eigenvalue weighted by Gasteiger charge is -2.11. The molecule has 0 saturated heterocycles. The van der Waals surface area contributed by atoms with Crippen LogP contribution in [0, 0.1) is 10.1 Å². The van der Waals surface area contributed by atoms with Gasteiger partial charge in [-0.05, 0) is 37.1 Å². The van der Waals surface area contributed by atoms with E-state index in [9.17, 15) is 19.7 Å². The Morgan fingerprint density at radius 3 is 2.52 bits per heavy atom. The molecular formula is C20H22N2O7. The minimum Gasteiger partial charge on any atom is -0.494 e. The second kappa shape index (κ2) is 10.6. The number of anilines is 1. The van der Waals surface area contributed by atoms with Crippen LogP contribution in [0.3, 0.4) is 0 Å². The third-order valence-corrected chi connectivity index (χ3v) is 3.81. The van der Waals surface area contributed by atoms with E-state index in [0.29, 0.717) is 18.1 Å². The van der Waals surface area contributed by atoms with Crippen LogP contribution in [0.25, 0.3) is 0 Å². The largest absolute Gasteiger partial charge is 0.494 e. The van der Waals surface area contributed by atoms with Crippen molar-refractivity contribution in [2.24, 2.45) is 0 Å². The molecule has 0 aliphatic heterocycles. The number of rotatable bonds is 10. The van der Waals surface area contributed by atoms with Crippen LogP contribution in [-0.4, -0.2) is 36.6 Å². The molecule has 29 heavy (non-hydrogen) atoms. The molecule has 0 fully saturated rings. The zero-order valence-electron chi connectivity index (χ0n) is 16.2. The van der Waals surface area contributed by atoms with E-state index in [1.54, 1.807) is 19.1 Å². The predicted molar refractivity (Wildman–Crippen MR) is 105 cm³/mol. The van der Waals surface area contributed by atoms with Crippen molar-refractivity contribution >= 4 is 23.3 Å². The van der Waals surface area contributed by atoms with E-state index < -0.39 is 23.4 Å². The second-order valence-corrected chi connectivity index (χ2v) is 5.83. The minimum absolute atomic E-state index is 0.0207. The highest BCUT2D eigenvalue weighted by atomic mass is 16.6. The van der Waals surface area contributed by atoms with Gasteiger partial charge in [0.15, 0.2) is 13.2 Å². The second-order valence-electron chi connectivity index (χ2n) is 5.83. The molecule has 1 amide bonds. The summed E-state index contributed by atoms with van der Waals surface area (Å²) < 4.78 is 15.5. The molecule has 0 bridgehead atoms.